The number of nitrogens with zero attached hydrogens (tertiary/aromatic N) is 3. The summed E-state index contributed by atoms with van der Waals surface area (Å²) in [4.78, 5) is 16.5. The number of hydrogen-bond donors (Lipinski definition) is 0. The van der Waals surface area contributed by atoms with Gasteiger partial charge in [0, 0.05) is 17.6 Å². The highest BCUT2D eigenvalue weighted by molar-refractivity contribution is 7.90. The molecule has 0 unspecified atom stereocenters. The van der Waals surface area contributed by atoms with Gasteiger partial charge < -0.3 is 0 Å². The Bertz CT molecular complexity index is 1380. The molecule has 3 aromatic rings. The number of aryl methyl sites for hydroxylation is 2. The lowest BCUT2D eigenvalue weighted by Crippen LogP contribution is -2.42. The Labute approximate surface area is 176 Å². The lowest BCUT2D eigenvalue weighted by Gasteiger charge is -2.13. The van der Waals surface area contributed by atoms with Gasteiger partial charge in [0.2, 0.25) is 0 Å². The van der Waals surface area contributed by atoms with Gasteiger partial charge in [0.05, 0.1) is 17.6 Å². The molecule has 0 radical (unpaired) electrons. The number of benzene rings is 2. The first-order chi connectivity index (χ1) is 14.0. The Morgan fingerprint density at radius 3 is 2.40 bits per heavy atom. The van der Waals surface area contributed by atoms with Crippen molar-refractivity contribution >= 4 is 21.6 Å². The van der Waals surface area contributed by atoms with Gasteiger partial charge in [-0.1, -0.05) is 29.8 Å². The highest BCUT2D eigenvalue weighted by atomic mass is 35.5. The van der Waals surface area contributed by atoms with Crippen molar-refractivity contribution in [1.82, 2.24) is 8.54 Å². The van der Waals surface area contributed by atoms with E-state index in [9.17, 15) is 22.0 Å². The first-order valence-corrected chi connectivity index (χ1v) is 10.6. The standard InChI is InChI=1S/C20H18ClF2N3O3S/c1-12-9-18(13(2)8-15(12)21)30(28,29)26-11-17(23)19(25(3)20(26)27)24-10-14-6-4-5-7-16(14)22/h4-9,11H,10H2,1-3H3. The maximum Gasteiger partial charge on any atom is 0.343 e. The third-order valence-electron chi connectivity index (χ3n) is 4.59. The third-order valence-corrected chi connectivity index (χ3v) is 6.77. The van der Waals surface area contributed by atoms with Crippen LogP contribution in [0.4, 0.5) is 8.78 Å². The van der Waals surface area contributed by atoms with E-state index in [1.54, 1.807) is 13.0 Å². The molecular formula is C20H18ClF2N3O3S. The van der Waals surface area contributed by atoms with Crippen LogP contribution in [0.25, 0.3) is 0 Å². The predicted molar refractivity (Wildman–Crippen MR) is 109 cm³/mol. The molecule has 0 aliphatic rings. The van der Waals surface area contributed by atoms with E-state index in [0.29, 0.717) is 26.3 Å². The highest BCUT2D eigenvalue weighted by Gasteiger charge is 2.24. The van der Waals surface area contributed by atoms with E-state index >= 15 is 0 Å². The lowest BCUT2D eigenvalue weighted by atomic mass is 10.2. The average molecular weight is 454 g/mol. The van der Waals surface area contributed by atoms with Gasteiger partial charge in [0.15, 0.2) is 11.3 Å². The van der Waals surface area contributed by atoms with E-state index in [1.807, 2.05) is 0 Å². The third kappa shape index (κ3) is 3.95. The number of halogens is 3. The molecule has 0 spiro atoms. The monoisotopic (exact) mass is 453 g/mol. The Kier molecular flexibility index (Phi) is 5.96. The average Bonchev–Trinajstić information content (AvgIpc) is 2.68. The molecule has 0 aliphatic carbocycles. The van der Waals surface area contributed by atoms with Crippen molar-refractivity contribution in [3.8, 4) is 0 Å². The molecule has 0 saturated carbocycles. The van der Waals surface area contributed by atoms with Gasteiger partial charge in [-0.25, -0.2) is 22.0 Å². The molecule has 0 atom stereocenters. The van der Waals surface area contributed by atoms with Crippen molar-refractivity contribution in [1.29, 1.82) is 0 Å². The zero-order chi connectivity index (χ0) is 22.2. The van der Waals surface area contributed by atoms with Gasteiger partial charge in [0.1, 0.15) is 5.82 Å². The van der Waals surface area contributed by atoms with Crippen molar-refractivity contribution in [3.05, 3.63) is 91.9 Å². The summed E-state index contributed by atoms with van der Waals surface area (Å²) in [5.74, 6) is -1.56. The largest absolute Gasteiger partial charge is 0.343 e. The van der Waals surface area contributed by atoms with E-state index in [1.165, 1.54) is 44.3 Å². The lowest BCUT2D eigenvalue weighted by molar-refractivity contribution is 0.533. The van der Waals surface area contributed by atoms with Crippen molar-refractivity contribution in [2.75, 3.05) is 0 Å². The van der Waals surface area contributed by atoms with Crippen LogP contribution in [-0.4, -0.2) is 17.0 Å². The Hall–Kier alpha value is -2.78. The molecule has 3 rings (SSSR count). The molecule has 0 bridgehead atoms. The second kappa shape index (κ2) is 8.16. The van der Waals surface area contributed by atoms with Crippen molar-refractivity contribution in [2.45, 2.75) is 25.3 Å². The zero-order valence-corrected chi connectivity index (χ0v) is 17.9. The second-order valence-corrected chi connectivity index (χ2v) is 8.91. The molecule has 0 saturated heterocycles. The number of rotatable bonds is 4. The maximum absolute atomic E-state index is 14.7. The van der Waals surface area contributed by atoms with E-state index in [0.717, 1.165) is 4.57 Å². The SMILES string of the molecule is Cc1cc(S(=O)(=O)n2cc(F)c(=NCc3ccccc3F)n(C)c2=O)c(C)cc1Cl. The van der Waals surface area contributed by atoms with E-state index < -0.39 is 32.8 Å². The summed E-state index contributed by atoms with van der Waals surface area (Å²) in [5.41, 5.74) is -0.389. The van der Waals surface area contributed by atoms with Crippen LogP contribution in [0, 0.1) is 25.5 Å². The summed E-state index contributed by atoms with van der Waals surface area (Å²) in [5, 5.41) is 0.373. The van der Waals surface area contributed by atoms with Crippen molar-refractivity contribution < 1.29 is 17.2 Å². The Balaban J connectivity index is 2.16. The predicted octanol–water partition coefficient (Wildman–Crippen LogP) is 3.07. The topological polar surface area (TPSA) is 73.4 Å². The smallest absolute Gasteiger partial charge is 0.278 e. The summed E-state index contributed by atoms with van der Waals surface area (Å²) >= 11 is 6.01. The van der Waals surface area contributed by atoms with Gasteiger partial charge in [-0.15, -0.1) is 0 Å². The zero-order valence-electron chi connectivity index (χ0n) is 16.4. The number of hydrogen-bond acceptors (Lipinski definition) is 4. The summed E-state index contributed by atoms with van der Waals surface area (Å²) in [7, 11) is -3.20. The molecule has 1 heterocycles. The number of aromatic nitrogens is 2. The van der Waals surface area contributed by atoms with Crippen LogP contribution in [0.2, 0.25) is 5.02 Å². The molecule has 158 valence electrons. The fraction of sp³-hybridized carbons (Fsp3) is 0.200. The summed E-state index contributed by atoms with van der Waals surface area (Å²) in [6, 6.07) is 8.62. The first kappa shape index (κ1) is 21.9. The molecule has 0 fully saturated rings. The van der Waals surface area contributed by atoms with Crippen LogP contribution in [0.5, 0.6) is 0 Å². The van der Waals surface area contributed by atoms with Crippen LogP contribution < -0.4 is 11.2 Å². The molecule has 0 aliphatic heterocycles. The van der Waals surface area contributed by atoms with Crippen LogP contribution in [-0.2, 0) is 23.6 Å². The van der Waals surface area contributed by atoms with Crippen LogP contribution in [0.1, 0.15) is 16.7 Å². The van der Waals surface area contributed by atoms with Gasteiger partial charge in [0.25, 0.3) is 10.0 Å². The quantitative estimate of drug-likeness (QED) is 0.609. The van der Waals surface area contributed by atoms with E-state index in [2.05, 4.69) is 4.99 Å². The summed E-state index contributed by atoms with van der Waals surface area (Å²) in [6.07, 6.45) is 0.571. The molecule has 10 heteroatoms. The molecule has 30 heavy (non-hydrogen) atoms. The first-order valence-electron chi connectivity index (χ1n) is 8.78. The molecule has 6 nitrogen and oxygen atoms in total. The van der Waals surface area contributed by atoms with E-state index in [4.69, 9.17) is 11.6 Å². The van der Waals surface area contributed by atoms with E-state index in [-0.39, 0.29) is 17.0 Å². The second-order valence-electron chi connectivity index (χ2n) is 6.72. The van der Waals surface area contributed by atoms with Gasteiger partial charge in [-0.3, -0.25) is 9.56 Å². The summed E-state index contributed by atoms with van der Waals surface area (Å²) in [6.45, 7) is 2.93. The molecule has 0 N–H and O–H groups in total. The minimum Gasteiger partial charge on any atom is -0.278 e. The van der Waals surface area contributed by atoms with Crippen LogP contribution in [0.3, 0.4) is 0 Å². The van der Waals surface area contributed by atoms with Crippen molar-refractivity contribution in [2.24, 2.45) is 12.0 Å². The molecule has 0 amide bonds. The van der Waals surface area contributed by atoms with Crippen molar-refractivity contribution in [3.63, 3.8) is 0 Å². The molecule has 2 aromatic carbocycles. The van der Waals surface area contributed by atoms with Gasteiger partial charge in [-0.2, -0.15) is 3.97 Å². The molecule has 1 aromatic heterocycles. The minimum atomic E-state index is -4.39. The highest BCUT2D eigenvalue weighted by Crippen LogP contribution is 2.24. The van der Waals surface area contributed by atoms with Gasteiger partial charge >= 0.3 is 5.69 Å². The Morgan fingerprint density at radius 1 is 1.07 bits per heavy atom. The fourth-order valence-corrected chi connectivity index (χ4v) is 4.67. The molecular weight excluding hydrogens is 436 g/mol. The van der Waals surface area contributed by atoms with Crippen LogP contribution in [0.15, 0.2) is 57.3 Å². The van der Waals surface area contributed by atoms with Gasteiger partial charge in [-0.05, 0) is 43.2 Å². The maximum atomic E-state index is 14.7. The normalized spacial score (nSPS) is 12.4. The summed E-state index contributed by atoms with van der Waals surface area (Å²) < 4.78 is 55.7. The minimum absolute atomic E-state index is 0.165. The Morgan fingerprint density at radius 2 is 1.73 bits per heavy atom. The van der Waals surface area contributed by atoms with Crippen LogP contribution >= 0.6 is 11.6 Å². The fourth-order valence-electron chi connectivity index (χ4n) is 2.89.